The average molecular weight is 249 g/mol. The van der Waals surface area contributed by atoms with E-state index in [0.717, 1.165) is 0 Å². The minimum absolute atomic E-state index is 0.0825. The van der Waals surface area contributed by atoms with Gasteiger partial charge in [-0.3, -0.25) is 4.79 Å². The third kappa shape index (κ3) is 1.97. The summed E-state index contributed by atoms with van der Waals surface area (Å²) in [6.07, 6.45) is 0.367. The number of aldehydes is 1. The highest BCUT2D eigenvalue weighted by Crippen LogP contribution is 2.32. The number of hydrogen-bond acceptors (Lipinski definition) is 1. The third-order valence-electron chi connectivity index (χ3n) is 1.53. The first-order valence-corrected chi connectivity index (χ1v) is 4.56. The molecule has 0 aliphatic rings. The summed E-state index contributed by atoms with van der Waals surface area (Å²) >= 11 is 17.2. The van der Waals surface area contributed by atoms with E-state index in [9.17, 15) is 4.79 Å². The summed E-state index contributed by atoms with van der Waals surface area (Å²) in [6, 6.07) is 2.90. The number of carbonyl (C=O) groups excluding carboxylic acids is 1. The maximum atomic E-state index is 10.5. The molecule has 0 bridgehead atoms. The lowest BCUT2D eigenvalue weighted by molar-refractivity contribution is -0.106. The standard InChI is InChI=1S/C8H3Cl3N2O/c9-5-2-1-4(6(3-14)13-12)7(10)8(5)11/h1-3H. The lowest BCUT2D eigenvalue weighted by atomic mass is 10.1. The van der Waals surface area contributed by atoms with Crippen molar-refractivity contribution < 1.29 is 9.58 Å². The minimum Gasteiger partial charge on any atom is -0.361 e. The molecule has 1 aromatic rings. The summed E-state index contributed by atoms with van der Waals surface area (Å²) in [5.41, 5.74) is 8.52. The number of carbonyl (C=O) groups is 1. The smallest absolute Gasteiger partial charge is 0.361 e. The highest BCUT2D eigenvalue weighted by Gasteiger charge is 2.18. The van der Waals surface area contributed by atoms with E-state index in [1.807, 2.05) is 0 Å². The van der Waals surface area contributed by atoms with Crippen molar-refractivity contribution >= 4 is 46.8 Å². The fourth-order valence-electron chi connectivity index (χ4n) is 0.865. The largest absolute Gasteiger partial charge is 0.363 e. The van der Waals surface area contributed by atoms with Gasteiger partial charge in [-0.05, 0) is 12.1 Å². The summed E-state index contributed by atoms with van der Waals surface area (Å²) in [4.78, 5) is 13.2. The van der Waals surface area contributed by atoms with Crippen LogP contribution in [0.4, 0.5) is 0 Å². The molecule has 0 N–H and O–H groups in total. The normalized spacial score (nSPS) is 9.36. The van der Waals surface area contributed by atoms with Crippen molar-refractivity contribution in [3.05, 3.63) is 38.3 Å². The Morgan fingerprint density at radius 3 is 2.43 bits per heavy atom. The van der Waals surface area contributed by atoms with Gasteiger partial charge in [-0.25, -0.2) is 0 Å². The fraction of sp³-hybridized carbons (Fsp3) is 0. The summed E-state index contributed by atoms with van der Waals surface area (Å²) in [7, 11) is 0. The second-order valence-corrected chi connectivity index (χ2v) is 3.49. The fourth-order valence-corrected chi connectivity index (χ4v) is 1.50. The molecule has 0 aliphatic carbocycles. The third-order valence-corrected chi connectivity index (χ3v) is 2.82. The Morgan fingerprint density at radius 1 is 1.29 bits per heavy atom. The molecular formula is C8H3Cl3N2O. The first-order valence-electron chi connectivity index (χ1n) is 3.43. The van der Waals surface area contributed by atoms with Crippen LogP contribution in [0.5, 0.6) is 0 Å². The molecule has 0 aliphatic heterocycles. The van der Waals surface area contributed by atoms with Crippen molar-refractivity contribution in [2.45, 2.75) is 0 Å². The molecule has 1 rings (SSSR count). The molecule has 14 heavy (non-hydrogen) atoms. The summed E-state index contributed by atoms with van der Waals surface area (Å²) < 4.78 is 0. The van der Waals surface area contributed by atoms with Gasteiger partial charge in [0.2, 0.25) is 6.29 Å². The number of nitrogens with zero attached hydrogens (tertiary/aromatic N) is 2. The Bertz CT molecular complexity index is 438. The van der Waals surface area contributed by atoms with E-state index in [1.165, 1.54) is 12.1 Å². The summed E-state index contributed by atoms with van der Waals surface area (Å²) in [6.45, 7) is 0. The zero-order valence-electron chi connectivity index (χ0n) is 6.67. The second kappa shape index (κ2) is 4.58. The Morgan fingerprint density at radius 2 is 1.93 bits per heavy atom. The number of halogens is 3. The maximum Gasteiger partial charge on any atom is 0.363 e. The van der Waals surface area contributed by atoms with E-state index in [-0.39, 0.29) is 26.3 Å². The molecule has 1 aromatic carbocycles. The van der Waals surface area contributed by atoms with Gasteiger partial charge in [0.05, 0.1) is 20.6 Å². The molecule has 3 nitrogen and oxygen atoms in total. The van der Waals surface area contributed by atoms with Gasteiger partial charge in [0.25, 0.3) is 0 Å². The molecule has 0 fully saturated rings. The Hall–Kier alpha value is -0.860. The van der Waals surface area contributed by atoms with Crippen LogP contribution in [-0.2, 0) is 4.79 Å². The van der Waals surface area contributed by atoms with Gasteiger partial charge in [0.1, 0.15) is 0 Å². The van der Waals surface area contributed by atoms with Crippen molar-refractivity contribution in [1.29, 1.82) is 0 Å². The highest BCUT2D eigenvalue weighted by atomic mass is 35.5. The van der Waals surface area contributed by atoms with Gasteiger partial charge in [0, 0.05) is 0 Å². The SMILES string of the molecule is [N-]=[N+]=C(C=O)c1ccc(Cl)c(Cl)c1Cl. The van der Waals surface area contributed by atoms with Crippen LogP contribution in [0.25, 0.3) is 5.53 Å². The molecule has 0 heterocycles. The van der Waals surface area contributed by atoms with Gasteiger partial charge in [-0.2, -0.15) is 4.79 Å². The first-order chi connectivity index (χ1) is 6.61. The van der Waals surface area contributed by atoms with E-state index in [4.69, 9.17) is 40.3 Å². The molecule has 0 radical (unpaired) electrons. The lowest BCUT2D eigenvalue weighted by Crippen LogP contribution is -2.04. The van der Waals surface area contributed by atoms with E-state index in [1.54, 1.807) is 0 Å². The van der Waals surface area contributed by atoms with E-state index >= 15 is 0 Å². The number of rotatable bonds is 2. The molecular weight excluding hydrogens is 246 g/mol. The Labute approximate surface area is 94.8 Å². The molecule has 0 spiro atoms. The van der Waals surface area contributed by atoms with Crippen molar-refractivity contribution in [1.82, 2.24) is 0 Å². The molecule has 0 amide bonds. The van der Waals surface area contributed by atoms with Crippen LogP contribution < -0.4 is 0 Å². The van der Waals surface area contributed by atoms with Crippen molar-refractivity contribution in [2.24, 2.45) is 0 Å². The quantitative estimate of drug-likeness (QED) is 0.261. The number of benzene rings is 1. The second-order valence-electron chi connectivity index (χ2n) is 2.33. The molecule has 6 heteroatoms. The summed E-state index contributed by atoms with van der Waals surface area (Å²) in [5, 5.41) is 0.469. The predicted molar refractivity (Wildman–Crippen MR) is 55.3 cm³/mol. The van der Waals surface area contributed by atoms with E-state index in [2.05, 4.69) is 4.79 Å². The molecule has 0 unspecified atom stereocenters. The first kappa shape index (κ1) is 11.2. The van der Waals surface area contributed by atoms with Crippen LogP contribution >= 0.6 is 34.8 Å². The maximum absolute atomic E-state index is 10.5. The zero-order chi connectivity index (χ0) is 10.7. The zero-order valence-corrected chi connectivity index (χ0v) is 8.94. The van der Waals surface area contributed by atoms with Crippen LogP contribution in [0.3, 0.4) is 0 Å². The topological polar surface area (TPSA) is 53.5 Å². The van der Waals surface area contributed by atoms with Crippen LogP contribution in [0.15, 0.2) is 12.1 Å². The lowest BCUT2D eigenvalue weighted by Gasteiger charge is -2.00. The molecule has 0 saturated carbocycles. The Balaban J connectivity index is 3.45. The minimum atomic E-state index is -0.200. The van der Waals surface area contributed by atoms with Gasteiger partial charge in [-0.1, -0.05) is 34.8 Å². The van der Waals surface area contributed by atoms with Gasteiger partial charge in [0.15, 0.2) is 0 Å². The monoisotopic (exact) mass is 248 g/mol. The molecule has 72 valence electrons. The highest BCUT2D eigenvalue weighted by molar-refractivity contribution is 6.50. The average Bonchev–Trinajstić information content (AvgIpc) is 2.19. The van der Waals surface area contributed by atoms with Crippen LogP contribution in [-0.4, -0.2) is 16.8 Å². The van der Waals surface area contributed by atoms with Crippen LogP contribution in [0, 0.1) is 0 Å². The van der Waals surface area contributed by atoms with Gasteiger partial charge < -0.3 is 5.53 Å². The Kier molecular flexibility index (Phi) is 3.67. The van der Waals surface area contributed by atoms with Gasteiger partial charge >= 0.3 is 5.71 Å². The van der Waals surface area contributed by atoms with Crippen molar-refractivity contribution in [3.63, 3.8) is 0 Å². The number of hydrogen-bond donors (Lipinski definition) is 0. The van der Waals surface area contributed by atoms with Crippen molar-refractivity contribution in [3.8, 4) is 0 Å². The molecule has 0 aromatic heterocycles. The molecule has 0 saturated heterocycles. The predicted octanol–water partition coefficient (Wildman–Crippen LogP) is 2.86. The van der Waals surface area contributed by atoms with Gasteiger partial charge in [-0.15, -0.1) is 0 Å². The van der Waals surface area contributed by atoms with Crippen LogP contribution in [0.2, 0.25) is 15.1 Å². The molecule has 0 atom stereocenters. The van der Waals surface area contributed by atoms with E-state index in [0.29, 0.717) is 6.29 Å². The van der Waals surface area contributed by atoms with Crippen molar-refractivity contribution in [2.75, 3.05) is 0 Å². The van der Waals surface area contributed by atoms with E-state index < -0.39 is 0 Å². The van der Waals surface area contributed by atoms with Crippen LogP contribution in [0.1, 0.15) is 5.56 Å². The summed E-state index contributed by atoms with van der Waals surface area (Å²) in [5.74, 6) is 0.